The number of hydrogen-bond acceptors (Lipinski definition) is 4. The van der Waals surface area contributed by atoms with Crippen molar-refractivity contribution in [2.45, 2.75) is 19.4 Å². The fourth-order valence-corrected chi connectivity index (χ4v) is 1.51. The predicted molar refractivity (Wildman–Crippen MR) is 57.2 cm³/mol. The first-order valence-corrected chi connectivity index (χ1v) is 5.25. The van der Waals surface area contributed by atoms with Gasteiger partial charge in [0.1, 0.15) is 11.4 Å². The molecule has 84 valence electrons. The molecule has 1 rings (SSSR count). The number of ether oxygens (including phenoxy) is 1. The highest BCUT2D eigenvalue weighted by atomic mass is 79.9. The van der Waals surface area contributed by atoms with E-state index in [-0.39, 0.29) is 0 Å². The molecule has 0 amide bonds. The van der Waals surface area contributed by atoms with Crippen LogP contribution in [0.4, 0.5) is 0 Å². The van der Waals surface area contributed by atoms with Gasteiger partial charge in [-0.1, -0.05) is 0 Å². The lowest BCUT2D eigenvalue weighted by molar-refractivity contribution is -0.155. The van der Waals surface area contributed by atoms with Crippen LogP contribution < -0.4 is 0 Å². The Balaban J connectivity index is 2.96. The molecule has 1 N–H and O–H groups in total. The zero-order valence-electron chi connectivity index (χ0n) is 8.78. The number of carbonyl (C=O) groups is 1. The molecule has 1 aromatic rings. The number of methoxy groups -OCH3 is 1. The summed E-state index contributed by atoms with van der Waals surface area (Å²) < 4.78 is 10.3. The van der Waals surface area contributed by atoms with Gasteiger partial charge in [-0.2, -0.15) is 0 Å². The summed E-state index contributed by atoms with van der Waals surface area (Å²) >= 11 is 3.13. The number of esters is 1. The molecule has 1 heterocycles. The molecule has 0 spiro atoms. The highest BCUT2D eigenvalue weighted by Gasteiger charge is 2.38. The van der Waals surface area contributed by atoms with Crippen molar-refractivity contribution in [2.75, 3.05) is 7.11 Å². The van der Waals surface area contributed by atoms with Crippen molar-refractivity contribution in [3.63, 3.8) is 0 Å². The van der Waals surface area contributed by atoms with Crippen molar-refractivity contribution in [3.8, 4) is 0 Å². The monoisotopic (exact) mass is 276 g/mol. The van der Waals surface area contributed by atoms with Crippen molar-refractivity contribution in [1.82, 2.24) is 0 Å². The maximum atomic E-state index is 11.3. The fraction of sp³-hybridized carbons (Fsp3) is 0.500. The van der Waals surface area contributed by atoms with Gasteiger partial charge < -0.3 is 14.3 Å². The van der Waals surface area contributed by atoms with Crippen LogP contribution in [0.25, 0.3) is 0 Å². The summed E-state index contributed by atoms with van der Waals surface area (Å²) in [5.74, 6) is -0.847. The average Bonchev–Trinajstić information content (AvgIpc) is 2.63. The molecule has 1 aromatic heterocycles. The van der Waals surface area contributed by atoms with Crippen LogP contribution in [0, 0.1) is 5.92 Å². The predicted octanol–water partition coefficient (Wildman–Crippen LogP) is 2.06. The summed E-state index contributed by atoms with van der Waals surface area (Å²) in [5.41, 5.74) is -1.38. The number of halogens is 1. The minimum absolute atomic E-state index is 0.326. The first-order valence-electron chi connectivity index (χ1n) is 4.45. The van der Waals surface area contributed by atoms with E-state index >= 15 is 0 Å². The summed E-state index contributed by atoms with van der Waals surface area (Å²) in [7, 11) is 1.28. The number of hydrogen-bond donors (Lipinski definition) is 1. The Hall–Kier alpha value is -0.810. The molecule has 4 nitrogen and oxygen atoms in total. The van der Waals surface area contributed by atoms with E-state index in [9.17, 15) is 9.90 Å². The van der Waals surface area contributed by atoms with Crippen LogP contribution in [0.2, 0.25) is 0 Å². The summed E-state index contributed by atoms with van der Waals surface area (Å²) in [6.45, 7) is 3.10. The quantitative estimate of drug-likeness (QED) is 0.859. The number of aliphatic hydroxyl groups is 1. The molecule has 0 bridgehead atoms. The molecule has 0 saturated carbocycles. The van der Waals surface area contributed by atoms with Crippen LogP contribution in [0.3, 0.4) is 0 Å². The van der Waals surface area contributed by atoms with Crippen molar-refractivity contribution in [2.24, 2.45) is 5.92 Å². The van der Waals surface area contributed by atoms with Crippen molar-refractivity contribution >= 4 is 21.9 Å². The second kappa shape index (κ2) is 4.37. The summed E-state index contributed by atoms with van der Waals surface area (Å²) in [4.78, 5) is 11.3. The van der Waals surface area contributed by atoms with Gasteiger partial charge in [-0.25, -0.2) is 0 Å². The summed E-state index contributed by atoms with van der Waals surface area (Å²) in [6.07, 6.45) is 0. The van der Waals surface area contributed by atoms with Crippen molar-refractivity contribution in [1.29, 1.82) is 0 Å². The molecule has 0 aliphatic carbocycles. The van der Waals surface area contributed by atoms with E-state index in [0.717, 1.165) is 0 Å². The van der Waals surface area contributed by atoms with E-state index < -0.39 is 17.5 Å². The van der Waals surface area contributed by atoms with Gasteiger partial charge in [-0.05, 0) is 41.9 Å². The Morgan fingerprint density at radius 2 is 2.27 bits per heavy atom. The van der Waals surface area contributed by atoms with Gasteiger partial charge in [-0.15, -0.1) is 0 Å². The smallest absolute Gasteiger partial charge is 0.311 e. The average molecular weight is 277 g/mol. The molecule has 2 atom stereocenters. The number of furan rings is 1. The highest BCUT2D eigenvalue weighted by molar-refractivity contribution is 9.10. The van der Waals surface area contributed by atoms with Crippen LogP contribution >= 0.6 is 15.9 Å². The van der Waals surface area contributed by atoms with Crippen molar-refractivity contribution < 1.29 is 19.1 Å². The Kier molecular flexibility index (Phi) is 3.57. The Morgan fingerprint density at radius 1 is 1.67 bits per heavy atom. The minimum atomic E-state index is -1.38. The third-order valence-electron chi connectivity index (χ3n) is 2.47. The molecule has 0 saturated heterocycles. The first-order chi connectivity index (χ1) is 6.89. The van der Waals surface area contributed by atoms with Crippen LogP contribution in [0.1, 0.15) is 19.6 Å². The van der Waals surface area contributed by atoms with Gasteiger partial charge >= 0.3 is 5.97 Å². The summed E-state index contributed by atoms with van der Waals surface area (Å²) in [5, 5.41) is 10.2. The second-order valence-corrected chi connectivity index (χ2v) is 4.28. The van der Waals surface area contributed by atoms with Crippen LogP contribution in [0.5, 0.6) is 0 Å². The van der Waals surface area contributed by atoms with Gasteiger partial charge in [-0.3, -0.25) is 4.79 Å². The van der Waals surface area contributed by atoms with E-state index in [1.807, 2.05) is 0 Å². The molecule has 0 aliphatic heterocycles. The van der Waals surface area contributed by atoms with E-state index in [0.29, 0.717) is 10.4 Å². The van der Waals surface area contributed by atoms with Crippen LogP contribution in [-0.2, 0) is 15.1 Å². The third kappa shape index (κ3) is 2.41. The number of carbonyl (C=O) groups excluding carboxylic acids is 1. The van der Waals surface area contributed by atoms with Gasteiger partial charge in [0.05, 0.1) is 13.0 Å². The maximum absolute atomic E-state index is 11.3. The number of rotatable bonds is 3. The van der Waals surface area contributed by atoms with Crippen molar-refractivity contribution in [3.05, 3.63) is 22.6 Å². The Labute approximate surface area is 96.4 Å². The molecule has 0 fully saturated rings. The zero-order chi connectivity index (χ0) is 11.6. The molecule has 0 radical (unpaired) electrons. The Bertz CT molecular complexity index is 356. The fourth-order valence-electron chi connectivity index (χ4n) is 1.21. The van der Waals surface area contributed by atoms with Crippen LogP contribution in [0.15, 0.2) is 21.2 Å². The topological polar surface area (TPSA) is 59.7 Å². The SMILES string of the molecule is COC(=O)C(C)C(C)(O)c1ccc(Br)o1. The minimum Gasteiger partial charge on any atom is -0.469 e. The Morgan fingerprint density at radius 3 is 2.67 bits per heavy atom. The van der Waals surface area contributed by atoms with E-state index in [2.05, 4.69) is 20.7 Å². The molecule has 5 heteroatoms. The van der Waals surface area contributed by atoms with E-state index in [1.54, 1.807) is 19.1 Å². The van der Waals surface area contributed by atoms with Crippen LogP contribution in [-0.4, -0.2) is 18.2 Å². The highest BCUT2D eigenvalue weighted by Crippen LogP contribution is 2.32. The zero-order valence-corrected chi connectivity index (χ0v) is 10.4. The lowest BCUT2D eigenvalue weighted by Gasteiger charge is -2.25. The lowest BCUT2D eigenvalue weighted by atomic mass is 9.88. The van der Waals surface area contributed by atoms with Gasteiger partial charge in [0, 0.05) is 0 Å². The third-order valence-corrected chi connectivity index (χ3v) is 2.90. The standard InChI is InChI=1S/C10H13BrO4/c1-6(9(12)14-3)10(2,13)7-4-5-8(11)15-7/h4-6,13H,1-3H3. The molecule has 0 aromatic carbocycles. The second-order valence-electron chi connectivity index (χ2n) is 3.50. The maximum Gasteiger partial charge on any atom is 0.311 e. The molecular weight excluding hydrogens is 264 g/mol. The van der Waals surface area contributed by atoms with Gasteiger partial charge in [0.25, 0.3) is 0 Å². The lowest BCUT2D eigenvalue weighted by Crippen LogP contribution is -2.35. The largest absolute Gasteiger partial charge is 0.469 e. The summed E-state index contributed by atoms with van der Waals surface area (Å²) in [6, 6.07) is 3.28. The molecule has 15 heavy (non-hydrogen) atoms. The molecular formula is C10H13BrO4. The van der Waals surface area contributed by atoms with Gasteiger partial charge in [0.15, 0.2) is 4.67 Å². The van der Waals surface area contributed by atoms with E-state index in [4.69, 9.17) is 4.42 Å². The first kappa shape index (κ1) is 12.3. The molecule has 0 aliphatic rings. The normalized spacial score (nSPS) is 16.9. The molecule has 2 unspecified atom stereocenters. The van der Waals surface area contributed by atoms with E-state index in [1.165, 1.54) is 14.0 Å². The van der Waals surface area contributed by atoms with Gasteiger partial charge in [0.2, 0.25) is 0 Å².